The van der Waals surface area contributed by atoms with Crippen LogP contribution in [0, 0.1) is 0 Å². The Morgan fingerprint density at radius 3 is 2.55 bits per heavy atom. The van der Waals surface area contributed by atoms with Crippen molar-refractivity contribution in [2.45, 2.75) is 32.4 Å². The van der Waals surface area contributed by atoms with Crippen molar-refractivity contribution in [3.63, 3.8) is 0 Å². The highest BCUT2D eigenvalue weighted by molar-refractivity contribution is 5.88. The van der Waals surface area contributed by atoms with Crippen molar-refractivity contribution in [2.75, 3.05) is 13.1 Å². The number of piperazine rings is 1. The molecule has 1 heterocycles. The third-order valence-electron chi connectivity index (χ3n) is 2.96. The molecule has 1 N–H and O–H groups in total. The number of carbonyl (C=O) groups is 2. The summed E-state index contributed by atoms with van der Waals surface area (Å²) in [5.41, 5.74) is 0.210. The first-order valence-electron chi connectivity index (χ1n) is 6.71. The van der Waals surface area contributed by atoms with Gasteiger partial charge in [-0.3, -0.25) is 9.69 Å². The first kappa shape index (κ1) is 14.4. The van der Waals surface area contributed by atoms with Crippen LogP contribution in [0.4, 0.5) is 4.79 Å². The molecule has 0 unspecified atom stereocenters. The molecule has 0 aromatic heterocycles. The van der Waals surface area contributed by atoms with Crippen LogP contribution in [0.5, 0.6) is 0 Å². The molecule has 2 amide bonds. The molecule has 0 aliphatic carbocycles. The van der Waals surface area contributed by atoms with Crippen molar-refractivity contribution in [3.05, 3.63) is 35.9 Å². The van der Waals surface area contributed by atoms with Crippen molar-refractivity contribution < 1.29 is 14.3 Å². The molecule has 108 valence electrons. The number of amides is 2. The van der Waals surface area contributed by atoms with E-state index in [-0.39, 0.29) is 5.91 Å². The molecule has 1 atom stereocenters. The summed E-state index contributed by atoms with van der Waals surface area (Å²) in [6.45, 7) is 6.33. The molecule has 0 radical (unpaired) electrons. The fraction of sp³-hybridized carbons (Fsp3) is 0.467. The lowest BCUT2D eigenvalue weighted by atomic mass is 10.0. The lowest BCUT2D eigenvalue weighted by Crippen LogP contribution is -2.53. The Labute approximate surface area is 118 Å². The van der Waals surface area contributed by atoms with Gasteiger partial charge in [0.15, 0.2) is 0 Å². The molecule has 0 spiro atoms. The van der Waals surface area contributed by atoms with Gasteiger partial charge in [-0.1, -0.05) is 30.3 Å². The van der Waals surface area contributed by atoms with E-state index in [0.717, 1.165) is 5.56 Å². The molecule has 1 aliphatic rings. The largest absolute Gasteiger partial charge is 0.444 e. The number of nitrogens with one attached hydrogen (secondary N) is 1. The van der Waals surface area contributed by atoms with Crippen LogP contribution < -0.4 is 5.32 Å². The van der Waals surface area contributed by atoms with E-state index in [1.165, 1.54) is 4.90 Å². The van der Waals surface area contributed by atoms with Gasteiger partial charge in [0, 0.05) is 13.1 Å². The van der Waals surface area contributed by atoms with Gasteiger partial charge in [0.1, 0.15) is 11.6 Å². The summed E-state index contributed by atoms with van der Waals surface area (Å²) in [4.78, 5) is 25.9. The lowest BCUT2D eigenvalue weighted by Gasteiger charge is -2.36. The monoisotopic (exact) mass is 276 g/mol. The first-order chi connectivity index (χ1) is 9.38. The number of nitrogens with zero attached hydrogens (tertiary/aromatic N) is 1. The number of rotatable bonds is 1. The maximum absolute atomic E-state index is 12.3. The second kappa shape index (κ2) is 5.53. The van der Waals surface area contributed by atoms with Crippen molar-refractivity contribution >= 4 is 12.0 Å². The lowest BCUT2D eigenvalue weighted by molar-refractivity contribution is -0.129. The Morgan fingerprint density at radius 2 is 1.95 bits per heavy atom. The number of carbonyl (C=O) groups excluding carboxylic acids is 2. The van der Waals surface area contributed by atoms with Crippen molar-refractivity contribution in [3.8, 4) is 0 Å². The Hall–Kier alpha value is -2.04. The number of hydrogen-bond donors (Lipinski definition) is 1. The van der Waals surface area contributed by atoms with Crippen LogP contribution in [0.1, 0.15) is 32.4 Å². The Kier molecular flexibility index (Phi) is 3.97. The zero-order valence-corrected chi connectivity index (χ0v) is 12.1. The van der Waals surface area contributed by atoms with Gasteiger partial charge in [0.2, 0.25) is 5.91 Å². The van der Waals surface area contributed by atoms with E-state index in [9.17, 15) is 9.59 Å². The molecule has 2 rings (SSSR count). The highest BCUT2D eigenvalue weighted by Gasteiger charge is 2.36. The number of ether oxygens (including phenoxy) is 1. The summed E-state index contributed by atoms with van der Waals surface area (Å²) in [7, 11) is 0. The summed E-state index contributed by atoms with van der Waals surface area (Å²) in [6, 6.07) is 8.64. The molecule has 0 bridgehead atoms. The Morgan fingerprint density at radius 1 is 1.30 bits per heavy atom. The third kappa shape index (κ3) is 3.29. The summed E-state index contributed by atoms with van der Waals surface area (Å²) in [5.74, 6) is -0.173. The van der Waals surface area contributed by atoms with E-state index in [1.54, 1.807) is 0 Å². The number of benzene rings is 1. The topological polar surface area (TPSA) is 58.6 Å². The van der Waals surface area contributed by atoms with Gasteiger partial charge in [-0.2, -0.15) is 0 Å². The quantitative estimate of drug-likeness (QED) is 0.854. The summed E-state index contributed by atoms with van der Waals surface area (Å²) in [5, 5.41) is 2.79. The molecular formula is C15H20N2O3. The average molecular weight is 276 g/mol. The van der Waals surface area contributed by atoms with Crippen molar-refractivity contribution in [2.24, 2.45) is 0 Å². The van der Waals surface area contributed by atoms with Crippen LogP contribution in [0.2, 0.25) is 0 Å². The minimum Gasteiger partial charge on any atom is -0.444 e. The molecule has 20 heavy (non-hydrogen) atoms. The van der Waals surface area contributed by atoms with E-state index >= 15 is 0 Å². The van der Waals surface area contributed by atoms with Crippen LogP contribution in [0.3, 0.4) is 0 Å². The van der Waals surface area contributed by atoms with Crippen LogP contribution in [-0.4, -0.2) is 35.6 Å². The summed E-state index contributed by atoms with van der Waals surface area (Å²) >= 11 is 0. The predicted octanol–water partition coefficient (Wildman–Crippen LogP) is 2.09. The highest BCUT2D eigenvalue weighted by atomic mass is 16.6. The number of hydrogen-bond acceptors (Lipinski definition) is 3. The molecule has 1 aliphatic heterocycles. The molecule has 1 fully saturated rings. The van der Waals surface area contributed by atoms with Crippen LogP contribution in [-0.2, 0) is 9.53 Å². The zero-order valence-electron chi connectivity index (χ0n) is 12.1. The summed E-state index contributed by atoms with van der Waals surface area (Å²) in [6.07, 6.45) is -0.457. The SMILES string of the molecule is CC(C)(C)OC(=O)N1CCNC(=O)[C@H]1c1ccccc1. The van der Waals surface area contributed by atoms with Gasteiger partial charge in [-0.15, -0.1) is 0 Å². The average Bonchev–Trinajstić information content (AvgIpc) is 2.37. The van der Waals surface area contributed by atoms with E-state index < -0.39 is 17.7 Å². The van der Waals surface area contributed by atoms with Gasteiger partial charge >= 0.3 is 6.09 Å². The molecule has 1 aromatic carbocycles. The van der Waals surface area contributed by atoms with Crippen LogP contribution in [0.15, 0.2) is 30.3 Å². The predicted molar refractivity (Wildman–Crippen MR) is 75.1 cm³/mol. The van der Waals surface area contributed by atoms with Gasteiger partial charge in [0.05, 0.1) is 0 Å². The molecule has 0 saturated carbocycles. The second-order valence-electron chi connectivity index (χ2n) is 5.78. The maximum atomic E-state index is 12.3. The molecule has 5 nitrogen and oxygen atoms in total. The van der Waals surface area contributed by atoms with Crippen molar-refractivity contribution in [1.29, 1.82) is 0 Å². The normalized spacial score (nSPS) is 19.4. The van der Waals surface area contributed by atoms with E-state index in [1.807, 2.05) is 51.1 Å². The van der Waals surface area contributed by atoms with Gasteiger partial charge < -0.3 is 10.1 Å². The van der Waals surface area contributed by atoms with Gasteiger partial charge in [0.25, 0.3) is 0 Å². The van der Waals surface area contributed by atoms with Gasteiger partial charge in [-0.05, 0) is 26.3 Å². The third-order valence-corrected chi connectivity index (χ3v) is 2.96. The molecule has 1 aromatic rings. The first-order valence-corrected chi connectivity index (χ1v) is 6.71. The fourth-order valence-electron chi connectivity index (χ4n) is 2.15. The van der Waals surface area contributed by atoms with E-state index in [2.05, 4.69) is 5.32 Å². The second-order valence-corrected chi connectivity index (χ2v) is 5.78. The van der Waals surface area contributed by atoms with Crippen LogP contribution >= 0.6 is 0 Å². The Balaban J connectivity index is 2.25. The van der Waals surface area contributed by atoms with E-state index in [0.29, 0.717) is 13.1 Å². The molecule has 1 saturated heterocycles. The van der Waals surface area contributed by atoms with E-state index in [4.69, 9.17) is 4.74 Å². The smallest absolute Gasteiger partial charge is 0.411 e. The minimum absolute atomic E-state index is 0.173. The molecular weight excluding hydrogens is 256 g/mol. The van der Waals surface area contributed by atoms with Crippen molar-refractivity contribution in [1.82, 2.24) is 10.2 Å². The summed E-state index contributed by atoms with van der Waals surface area (Å²) < 4.78 is 5.38. The standard InChI is InChI=1S/C15H20N2O3/c1-15(2,3)20-14(19)17-10-9-16-13(18)12(17)11-7-5-4-6-8-11/h4-8,12H,9-10H2,1-3H3,(H,16,18)/t12-/m1/s1. The molecule has 5 heteroatoms. The minimum atomic E-state index is -0.625. The van der Waals surface area contributed by atoms with Crippen LogP contribution in [0.25, 0.3) is 0 Å². The maximum Gasteiger partial charge on any atom is 0.411 e. The Bertz CT molecular complexity index is 494. The zero-order chi connectivity index (χ0) is 14.8. The fourth-order valence-corrected chi connectivity index (χ4v) is 2.15. The highest BCUT2D eigenvalue weighted by Crippen LogP contribution is 2.25. The van der Waals surface area contributed by atoms with Gasteiger partial charge in [-0.25, -0.2) is 4.79 Å².